The molecule has 1 aliphatic heterocycles. The number of benzene rings is 3. The van der Waals surface area contributed by atoms with Crippen LogP contribution in [0.3, 0.4) is 0 Å². The van der Waals surface area contributed by atoms with Crippen LogP contribution in [-0.2, 0) is 14.8 Å². The molecule has 0 aliphatic carbocycles. The van der Waals surface area contributed by atoms with Gasteiger partial charge in [-0.15, -0.1) is 0 Å². The van der Waals surface area contributed by atoms with E-state index in [0.29, 0.717) is 12.0 Å². The van der Waals surface area contributed by atoms with E-state index in [2.05, 4.69) is 5.32 Å². The SMILES string of the molecule is O=C(N[C@@H]1CCN(S(=O)(=O)c2ccc(-c3ccc(O)cc3)cc2)[C@@H](C(=O)NO)C1)c1ccccc1. The third-order valence-electron chi connectivity index (χ3n) is 6.00. The fourth-order valence-corrected chi connectivity index (χ4v) is 5.76. The van der Waals surface area contributed by atoms with Gasteiger partial charge in [0.1, 0.15) is 11.8 Å². The highest BCUT2D eigenvalue weighted by Gasteiger charge is 2.41. The maximum absolute atomic E-state index is 13.4. The van der Waals surface area contributed by atoms with E-state index in [-0.39, 0.29) is 29.5 Å². The summed E-state index contributed by atoms with van der Waals surface area (Å²) in [5, 5.41) is 21.5. The van der Waals surface area contributed by atoms with Crippen molar-refractivity contribution in [3.8, 4) is 16.9 Å². The first-order chi connectivity index (χ1) is 16.8. The van der Waals surface area contributed by atoms with Crippen molar-refractivity contribution >= 4 is 21.8 Å². The van der Waals surface area contributed by atoms with Crippen LogP contribution >= 0.6 is 0 Å². The second-order valence-corrected chi connectivity index (χ2v) is 10.1. The maximum atomic E-state index is 13.4. The molecule has 3 aromatic rings. The van der Waals surface area contributed by atoms with Gasteiger partial charge in [0.25, 0.3) is 11.8 Å². The van der Waals surface area contributed by atoms with Gasteiger partial charge in [-0.3, -0.25) is 14.8 Å². The van der Waals surface area contributed by atoms with E-state index in [1.807, 2.05) is 0 Å². The minimum atomic E-state index is -4.07. The van der Waals surface area contributed by atoms with E-state index in [4.69, 9.17) is 0 Å². The van der Waals surface area contributed by atoms with Gasteiger partial charge in [0.2, 0.25) is 10.0 Å². The molecule has 3 aromatic carbocycles. The number of phenols is 1. The van der Waals surface area contributed by atoms with Crippen LogP contribution in [0.25, 0.3) is 11.1 Å². The molecular formula is C25H25N3O6S. The molecule has 1 fully saturated rings. The number of nitrogens with zero attached hydrogens (tertiary/aromatic N) is 1. The molecule has 0 radical (unpaired) electrons. The predicted molar refractivity (Wildman–Crippen MR) is 128 cm³/mol. The lowest BCUT2D eigenvalue weighted by Crippen LogP contribution is -2.56. The average Bonchev–Trinajstić information content (AvgIpc) is 2.89. The molecule has 0 unspecified atom stereocenters. The summed E-state index contributed by atoms with van der Waals surface area (Å²) in [5.74, 6) is -1.06. The van der Waals surface area contributed by atoms with E-state index < -0.39 is 28.0 Å². The van der Waals surface area contributed by atoms with Crippen LogP contribution in [0.2, 0.25) is 0 Å². The highest BCUT2D eigenvalue weighted by atomic mass is 32.2. The molecule has 1 saturated heterocycles. The van der Waals surface area contributed by atoms with E-state index in [9.17, 15) is 28.3 Å². The number of hydroxylamine groups is 1. The Kier molecular flexibility index (Phi) is 7.15. The summed E-state index contributed by atoms with van der Waals surface area (Å²) in [4.78, 5) is 24.9. The number of hydrogen-bond acceptors (Lipinski definition) is 6. The molecule has 1 heterocycles. The number of aromatic hydroxyl groups is 1. The zero-order chi connectivity index (χ0) is 25.0. The summed E-state index contributed by atoms with van der Waals surface area (Å²) in [6, 6.07) is 19.6. The van der Waals surface area contributed by atoms with Gasteiger partial charge in [-0.1, -0.05) is 42.5 Å². The molecule has 182 valence electrons. The third-order valence-corrected chi connectivity index (χ3v) is 7.92. The van der Waals surface area contributed by atoms with E-state index in [1.165, 1.54) is 12.1 Å². The number of amides is 2. The van der Waals surface area contributed by atoms with E-state index in [0.717, 1.165) is 15.4 Å². The van der Waals surface area contributed by atoms with E-state index >= 15 is 0 Å². The number of carbonyl (C=O) groups is 2. The summed E-state index contributed by atoms with van der Waals surface area (Å²) in [6.07, 6.45) is 0.314. The standard InChI is InChI=1S/C25H25N3O6S/c29-21-10-6-17(7-11-21)18-8-12-22(13-9-18)35(33,34)28-15-14-20(16-23(28)25(31)27-32)26-24(30)19-4-2-1-3-5-19/h1-13,20,23,29,32H,14-16H2,(H,26,30)(H,27,31)/t20-,23-/m1/s1. The molecule has 1 aliphatic rings. The second-order valence-electron chi connectivity index (χ2n) is 8.24. The molecule has 0 spiro atoms. The van der Waals surface area contributed by atoms with Gasteiger partial charge in [-0.25, -0.2) is 13.9 Å². The summed E-state index contributed by atoms with van der Waals surface area (Å²) in [5.41, 5.74) is 3.57. The molecule has 0 saturated carbocycles. The maximum Gasteiger partial charge on any atom is 0.261 e. The summed E-state index contributed by atoms with van der Waals surface area (Å²) in [7, 11) is -4.07. The number of sulfonamides is 1. The van der Waals surface area contributed by atoms with Crippen molar-refractivity contribution in [1.82, 2.24) is 15.1 Å². The van der Waals surface area contributed by atoms with Gasteiger partial charge in [0.15, 0.2) is 0 Å². The van der Waals surface area contributed by atoms with Crippen molar-refractivity contribution in [3.05, 3.63) is 84.4 Å². The Morgan fingerprint density at radius 2 is 1.49 bits per heavy atom. The Bertz CT molecular complexity index is 1300. The molecule has 0 aromatic heterocycles. The zero-order valence-corrected chi connectivity index (χ0v) is 19.5. The Hall–Kier alpha value is -3.73. The van der Waals surface area contributed by atoms with Crippen LogP contribution in [0, 0.1) is 0 Å². The summed E-state index contributed by atoms with van der Waals surface area (Å²) >= 11 is 0. The largest absolute Gasteiger partial charge is 0.508 e. The Morgan fingerprint density at radius 3 is 2.09 bits per heavy atom. The van der Waals surface area contributed by atoms with Gasteiger partial charge in [-0.2, -0.15) is 4.31 Å². The van der Waals surface area contributed by atoms with Gasteiger partial charge in [0, 0.05) is 18.2 Å². The lowest BCUT2D eigenvalue weighted by molar-refractivity contribution is -0.134. The number of carbonyl (C=O) groups excluding carboxylic acids is 2. The summed E-state index contributed by atoms with van der Waals surface area (Å²) < 4.78 is 27.9. The number of nitrogens with one attached hydrogen (secondary N) is 2. The predicted octanol–water partition coefficient (Wildman–Crippen LogP) is 2.52. The van der Waals surface area contributed by atoms with Crippen LogP contribution in [0.15, 0.2) is 83.8 Å². The first-order valence-corrected chi connectivity index (χ1v) is 12.4. The number of phenolic OH excluding ortho intramolecular Hbond substituents is 1. The Morgan fingerprint density at radius 1 is 0.886 bits per heavy atom. The lowest BCUT2D eigenvalue weighted by atomic mass is 9.98. The van der Waals surface area contributed by atoms with E-state index in [1.54, 1.807) is 72.2 Å². The second kappa shape index (κ2) is 10.3. The number of hydrogen-bond donors (Lipinski definition) is 4. The highest BCUT2D eigenvalue weighted by Crippen LogP contribution is 2.28. The van der Waals surface area contributed by atoms with Crippen molar-refractivity contribution in [2.24, 2.45) is 0 Å². The van der Waals surface area contributed by atoms with Crippen LogP contribution < -0.4 is 10.8 Å². The molecular weight excluding hydrogens is 470 g/mol. The van der Waals surface area contributed by atoms with Crippen molar-refractivity contribution < 1.29 is 28.3 Å². The van der Waals surface area contributed by atoms with Gasteiger partial charge in [-0.05, 0) is 60.4 Å². The third kappa shape index (κ3) is 5.35. The Balaban J connectivity index is 1.53. The fraction of sp³-hybridized carbons (Fsp3) is 0.200. The molecule has 0 bridgehead atoms. The van der Waals surface area contributed by atoms with Crippen LogP contribution in [0.4, 0.5) is 0 Å². The molecule has 9 nitrogen and oxygen atoms in total. The Labute approximate surface area is 203 Å². The minimum absolute atomic E-state index is 0.00235. The minimum Gasteiger partial charge on any atom is -0.508 e. The first-order valence-electron chi connectivity index (χ1n) is 11.0. The molecule has 35 heavy (non-hydrogen) atoms. The first kappa shape index (κ1) is 24.4. The van der Waals surface area contributed by atoms with Crippen molar-refractivity contribution in [2.75, 3.05) is 6.54 Å². The van der Waals surface area contributed by atoms with Crippen LogP contribution in [0.1, 0.15) is 23.2 Å². The fourth-order valence-electron chi connectivity index (χ4n) is 4.14. The number of rotatable bonds is 6. The highest BCUT2D eigenvalue weighted by molar-refractivity contribution is 7.89. The topological polar surface area (TPSA) is 136 Å². The smallest absolute Gasteiger partial charge is 0.261 e. The molecule has 2 atom stereocenters. The monoisotopic (exact) mass is 495 g/mol. The lowest BCUT2D eigenvalue weighted by Gasteiger charge is -2.37. The normalized spacial score (nSPS) is 18.5. The molecule has 4 N–H and O–H groups in total. The average molecular weight is 496 g/mol. The molecule has 4 rings (SSSR count). The van der Waals surface area contributed by atoms with Gasteiger partial charge >= 0.3 is 0 Å². The quantitative estimate of drug-likeness (QED) is 0.307. The van der Waals surface area contributed by atoms with Gasteiger partial charge < -0.3 is 10.4 Å². The van der Waals surface area contributed by atoms with Crippen molar-refractivity contribution in [2.45, 2.75) is 29.8 Å². The summed E-state index contributed by atoms with van der Waals surface area (Å²) in [6.45, 7) is -0.0140. The zero-order valence-electron chi connectivity index (χ0n) is 18.7. The molecule has 10 heteroatoms. The molecule has 2 amide bonds. The van der Waals surface area contributed by atoms with Crippen LogP contribution in [0.5, 0.6) is 5.75 Å². The number of piperidine rings is 1. The van der Waals surface area contributed by atoms with Crippen molar-refractivity contribution in [3.63, 3.8) is 0 Å². The van der Waals surface area contributed by atoms with Crippen LogP contribution in [-0.4, -0.2) is 53.5 Å². The van der Waals surface area contributed by atoms with Gasteiger partial charge in [0.05, 0.1) is 4.90 Å². The van der Waals surface area contributed by atoms with Crippen molar-refractivity contribution in [1.29, 1.82) is 0 Å².